The molecule has 1 aromatic carbocycles. The summed E-state index contributed by atoms with van der Waals surface area (Å²) in [7, 11) is 0. The lowest BCUT2D eigenvalue weighted by atomic mass is 9.87. The van der Waals surface area contributed by atoms with E-state index in [1.54, 1.807) is 13.0 Å². The van der Waals surface area contributed by atoms with Crippen molar-refractivity contribution >= 4 is 17.3 Å². The zero-order valence-electron chi connectivity index (χ0n) is 10.8. The molecule has 0 amide bonds. The van der Waals surface area contributed by atoms with Gasteiger partial charge in [0.1, 0.15) is 0 Å². The van der Waals surface area contributed by atoms with Crippen molar-refractivity contribution in [3.8, 4) is 0 Å². The molecule has 0 unspecified atom stereocenters. The van der Waals surface area contributed by atoms with Gasteiger partial charge in [0.25, 0.3) is 0 Å². The van der Waals surface area contributed by atoms with Gasteiger partial charge in [0.15, 0.2) is 17.3 Å². The van der Waals surface area contributed by atoms with E-state index in [1.165, 1.54) is 20.8 Å². The fourth-order valence-electron chi connectivity index (χ4n) is 2.00. The predicted octanol–water partition coefficient (Wildman–Crippen LogP) is 2.91. The minimum atomic E-state index is -0.247. The van der Waals surface area contributed by atoms with Crippen LogP contribution in [0.1, 0.15) is 63.0 Å². The van der Waals surface area contributed by atoms with E-state index in [0.29, 0.717) is 11.1 Å². The summed E-state index contributed by atoms with van der Waals surface area (Å²) in [6.45, 7) is 7.82. The predicted molar refractivity (Wildman–Crippen MR) is 65.9 cm³/mol. The number of benzene rings is 1. The maximum Gasteiger partial charge on any atom is 0.161 e. The molecule has 3 nitrogen and oxygen atoms in total. The van der Waals surface area contributed by atoms with Gasteiger partial charge in [-0.15, -0.1) is 0 Å². The number of Topliss-reactive ketones (excluding diaryl/α,β-unsaturated/α-hetero) is 3. The summed E-state index contributed by atoms with van der Waals surface area (Å²) >= 11 is 0. The highest BCUT2D eigenvalue weighted by atomic mass is 16.1. The summed E-state index contributed by atoms with van der Waals surface area (Å²) in [5.41, 5.74) is 2.60. The fourth-order valence-corrected chi connectivity index (χ4v) is 2.00. The third-order valence-electron chi connectivity index (χ3n) is 2.93. The van der Waals surface area contributed by atoms with Crippen molar-refractivity contribution in [3.63, 3.8) is 0 Å². The van der Waals surface area contributed by atoms with Gasteiger partial charge in [0.2, 0.25) is 0 Å². The quantitative estimate of drug-likeness (QED) is 0.753. The molecule has 0 bridgehead atoms. The van der Waals surface area contributed by atoms with Gasteiger partial charge in [0.05, 0.1) is 0 Å². The maximum atomic E-state index is 11.7. The van der Waals surface area contributed by atoms with Crippen LogP contribution in [-0.4, -0.2) is 17.3 Å². The molecule has 0 saturated carbocycles. The van der Waals surface area contributed by atoms with Crippen LogP contribution >= 0.6 is 0 Å². The van der Waals surface area contributed by atoms with E-state index in [0.717, 1.165) is 11.1 Å². The minimum absolute atomic E-state index is 0.182. The van der Waals surface area contributed by atoms with Crippen LogP contribution in [0.5, 0.6) is 0 Å². The van der Waals surface area contributed by atoms with Crippen LogP contribution in [0.2, 0.25) is 0 Å². The lowest BCUT2D eigenvalue weighted by Crippen LogP contribution is -2.14. The number of carbonyl (C=O) groups excluding carboxylic acids is 3. The molecule has 0 aliphatic rings. The van der Waals surface area contributed by atoms with Crippen LogP contribution in [-0.2, 0) is 0 Å². The molecule has 90 valence electrons. The van der Waals surface area contributed by atoms with E-state index in [4.69, 9.17) is 0 Å². The number of aryl methyl sites for hydroxylation is 1. The highest BCUT2D eigenvalue weighted by Gasteiger charge is 2.21. The van der Waals surface area contributed by atoms with E-state index in [1.807, 2.05) is 6.92 Å². The Kier molecular flexibility index (Phi) is 3.61. The highest BCUT2D eigenvalue weighted by Crippen LogP contribution is 2.24. The smallest absolute Gasteiger partial charge is 0.161 e. The molecule has 0 aliphatic carbocycles. The van der Waals surface area contributed by atoms with Crippen molar-refractivity contribution in [1.82, 2.24) is 0 Å². The van der Waals surface area contributed by atoms with E-state index >= 15 is 0 Å². The topological polar surface area (TPSA) is 51.2 Å². The normalized spacial score (nSPS) is 10.2. The van der Waals surface area contributed by atoms with Gasteiger partial charge >= 0.3 is 0 Å². The van der Waals surface area contributed by atoms with Gasteiger partial charge in [-0.3, -0.25) is 14.4 Å². The Bertz CT molecular complexity index is 525. The minimum Gasteiger partial charge on any atom is -0.294 e. The van der Waals surface area contributed by atoms with Crippen molar-refractivity contribution in [2.24, 2.45) is 0 Å². The molecular weight excluding hydrogens is 216 g/mol. The molecule has 0 saturated heterocycles. The number of hydrogen-bond acceptors (Lipinski definition) is 3. The van der Waals surface area contributed by atoms with Gasteiger partial charge in [-0.25, -0.2) is 0 Å². The SMILES string of the molecule is CC(=O)c1cc(C)c(C)c(C(C)=O)c1C(C)=O. The molecule has 0 atom stereocenters. The van der Waals surface area contributed by atoms with Crippen LogP contribution in [0.3, 0.4) is 0 Å². The van der Waals surface area contributed by atoms with Crippen molar-refractivity contribution in [2.75, 3.05) is 0 Å². The summed E-state index contributed by atoms with van der Waals surface area (Å²) in [5.74, 6) is -0.622. The summed E-state index contributed by atoms with van der Waals surface area (Å²) in [5, 5.41) is 0. The Hall–Kier alpha value is -1.77. The molecule has 0 N–H and O–H groups in total. The maximum absolute atomic E-state index is 11.7. The average molecular weight is 232 g/mol. The van der Waals surface area contributed by atoms with E-state index in [2.05, 4.69) is 0 Å². The second-order valence-electron chi connectivity index (χ2n) is 4.28. The number of rotatable bonds is 3. The van der Waals surface area contributed by atoms with Crippen LogP contribution in [0.15, 0.2) is 6.07 Å². The lowest BCUT2D eigenvalue weighted by Gasteiger charge is -2.14. The first-order valence-electron chi connectivity index (χ1n) is 5.44. The molecule has 0 aliphatic heterocycles. The molecule has 3 heteroatoms. The highest BCUT2D eigenvalue weighted by molar-refractivity contribution is 6.15. The van der Waals surface area contributed by atoms with Crippen LogP contribution < -0.4 is 0 Å². The first-order valence-corrected chi connectivity index (χ1v) is 5.44. The van der Waals surface area contributed by atoms with Gasteiger partial charge in [-0.2, -0.15) is 0 Å². The van der Waals surface area contributed by atoms with Gasteiger partial charge in [0, 0.05) is 16.7 Å². The molecule has 0 radical (unpaired) electrons. The Morgan fingerprint density at radius 1 is 0.824 bits per heavy atom. The Balaban J connectivity index is 3.83. The second-order valence-corrected chi connectivity index (χ2v) is 4.28. The largest absolute Gasteiger partial charge is 0.294 e. The van der Waals surface area contributed by atoms with Gasteiger partial charge in [-0.05, 0) is 51.8 Å². The summed E-state index contributed by atoms with van der Waals surface area (Å²) in [6, 6.07) is 1.68. The second kappa shape index (κ2) is 4.62. The summed E-state index contributed by atoms with van der Waals surface area (Å²) in [6.07, 6.45) is 0. The zero-order chi connectivity index (χ0) is 13.3. The molecule has 1 aromatic rings. The molecule has 0 aromatic heterocycles. The lowest BCUT2D eigenvalue weighted by molar-refractivity contribution is 0.0967. The monoisotopic (exact) mass is 232 g/mol. The molecule has 17 heavy (non-hydrogen) atoms. The molecular formula is C14H16O3. The standard InChI is InChI=1S/C14H16O3/c1-7-6-12(9(3)15)14(11(5)17)13(8(7)2)10(4)16/h6H,1-5H3. The van der Waals surface area contributed by atoms with Gasteiger partial charge in [-0.1, -0.05) is 0 Å². The van der Waals surface area contributed by atoms with Crippen molar-refractivity contribution < 1.29 is 14.4 Å². The first-order chi connectivity index (χ1) is 7.77. The Labute approximate surface area is 101 Å². The Morgan fingerprint density at radius 3 is 1.65 bits per heavy atom. The molecule has 0 fully saturated rings. The number of carbonyl (C=O) groups is 3. The van der Waals surface area contributed by atoms with Crippen molar-refractivity contribution in [1.29, 1.82) is 0 Å². The summed E-state index contributed by atoms with van der Waals surface area (Å²) < 4.78 is 0. The Morgan fingerprint density at radius 2 is 1.29 bits per heavy atom. The number of hydrogen-bond donors (Lipinski definition) is 0. The van der Waals surface area contributed by atoms with Crippen LogP contribution in [0.4, 0.5) is 0 Å². The van der Waals surface area contributed by atoms with Gasteiger partial charge < -0.3 is 0 Å². The van der Waals surface area contributed by atoms with Crippen molar-refractivity contribution in [3.05, 3.63) is 33.9 Å². The van der Waals surface area contributed by atoms with E-state index in [9.17, 15) is 14.4 Å². The fraction of sp³-hybridized carbons (Fsp3) is 0.357. The van der Waals surface area contributed by atoms with Crippen molar-refractivity contribution in [2.45, 2.75) is 34.6 Å². The van der Waals surface area contributed by atoms with E-state index < -0.39 is 0 Å². The zero-order valence-corrected chi connectivity index (χ0v) is 10.8. The molecule has 0 heterocycles. The average Bonchev–Trinajstić information content (AvgIpc) is 2.19. The number of ketones is 3. The summed E-state index contributed by atoms with van der Waals surface area (Å²) in [4.78, 5) is 34.9. The van der Waals surface area contributed by atoms with Crippen LogP contribution in [0.25, 0.3) is 0 Å². The van der Waals surface area contributed by atoms with Crippen LogP contribution in [0, 0.1) is 13.8 Å². The third-order valence-corrected chi connectivity index (χ3v) is 2.93. The molecule has 0 spiro atoms. The molecule has 1 rings (SSSR count). The van der Waals surface area contributed by atoms with E-state index in [-0.39, 0.29) is 22.9 Å². The first kappa shape index (κ1) is 13.3. The third kappa shape index (κ3) is 2.33.